The molecule has 0 fully saturated rings. The Hall–Kier alpha value is -0.290. The number of unbranched alkanes of at least 4 members (excludes halogenated alkanes) is 1. The fourth-order valence-electron chi connectivity index (χ4n) is 1.88. The Bertz CT molecular complexity index is 249. The lowest BCUT2D eigenvalue weighted by Crippen LogP contribution is -2.04. The van der Waals surface area contributed by atoms with E-state index in [1.165, 1.54) is 19.3 Å². The highest BCUT2D eigenvalue weighted by Crippen LogP contribution is 2.54. The largest absolute Gasteiger partial charge is 0.315 e. The van der Waals surface area contributed by atoms with E-state index in [1.54, 1.807) is 0 Å². The van der Waals surface area contributed by atoms with Crippen molar-refractivity contribution in [1.82, 2.24) is 0 Å². The van der Waals surface area contributed by atoms with Crippen LogP contribution in [0.5, 0.6) is 0 Å². The van der Waals surface area contributed by atoms with Crippen LogP contribution in [0.4, 0.5) is 0 Å². The molecule has 14 heavy (non-hydrogen) atoms. The van der Waals surface area contributed by atoms with Gasteiger partial charge in [0.15, 0.2) is 0 Å². The number of rotatable bonds is 6. The molecule has 0 aliphatic carbocycles. The minimum atomic E-state index is -2.04. The Morgan fingerprint density at radius 3 is 2.36 bits per heavy atom. The summed E-state index contributed by atoms with van der Waals surface area (Å²) in [7, 11) is -2.04. The van der Waals surface area contributed by atoms with Crippen LogP contribution in [0.3, 0.4) is 0 Å². The smallest absolute Gasteiger partial charge is 0.129 e. The lowest BCUT2D eigenvalue weighted by molar-refractivity contribution is 0.487. The van der Waals surface area contributed by atoms with Gasteiger partial charge < -0.3 is 4.57 Å². The molecule has 0 saturated heterocycles. The minimum Gasteiger partial charge on any atom is -0.315 e. The maximum atomic E-state index is 12.2. The Morgan fingerprint density at radius 2 is 1.86 bits per heavy atom. The lowest BCUT2D eigenvalue weighted by Gasteiger charge is -2.17. The third kappa shape index (κ3) is 3.46. The second-order valence-corrected chi connectivity index (χ2v) is 6.81. The quantitative estimate of drug-likeness (QED) is 0.588. The van der Waals surface area contributed by atoms with Gasteiger partial charge in [-0.25, -0.2) is 0 Å². The second-order valence-electron chi connectivity index (χ2n) is 4.14. The van der Waals surface area contributed by atoms with E-state index >= 15 is 0 Å². The van der Waals surface area contributed by atoms with Crippen molar-refractivity contribution in [2.24, 2.45) is 5.92 Å². The average Bonchev–Trinajstić information content (AvgIpc) is 2.60. The molecule has 1 nitrogen and oxygen atoms in total. The molecule has 0 radical (unpaired) electrons. The molecule has 0 bridgehead atoms. The van der Waals surface area contributed by atoms with Crippen LogP contribution in [0.2, 0.25) is 0 Å². The van der Waals surface area contributed by atoms with Gasteiger partial charge >= 0.3 is 0 Å². The van der Waals surface area contributed by atoms with E-state index in [2.05, 4.69) is 13.8 Å². The van der Waals surface area contributed by atoms with Gasteiger partial charge in [0.2, 0.25) is 0 Å². The van der Waals surface area contributed by atoms with Crippen molar-refractivity contribution in [2.75, 3.05) is 6.16 Å². The molecule has 80 valence electrons. The highest BCUT2D eigenvalue weighted by Gasteiger charge is 2.21. The Morgan fingerprint density at radius 1 is 1.21 bits per heavy atom. The fraction of sp³-hybridized carbons (Fsp3) is 0.667. The van der Waals surface area contributed by atoms with E-state index in [-0.39, 0.29) is 0 Å². The first-order valence-electron chi connectivity index (χ1n) is 5.65. The standard InChI is InChI=1S/C12H21OP/c1-3-5-8-12(4-2)11-14(13)9-6-7-10-14/h6-7,9-10,12H,3-5,8,11H2,1-2H3. The van der Waals surface area contributed by atoms with Crippen molar-refractivity contribution in [2.45, 2.75) is 39.5 Å². The van der Waals surface area contributed by atoms with Crippen LogP contribution in [0.25, 0.3) is 0 Å². The summed E-state index contributed by atoms with van der Waals surface area (Å²) in [4.78, 5) is 0. The van der Waals surface area contributed by atoms with Gasteiger partial charge in [0, 0.05) is 6.16 Å². The zero-order valence-electron chi connectivity index (χ0n) is 9.28. The number of hydrogen-bond donors (Lipinski definition) is 0. The van der Waals surface area contributed by atoms with Crippen LogP contribution < -0.4 is 0 Å². The SMILES string of the molecule is CCCCC(CC)CP1(=O)C=CC=C1. The molecule has 1 atom stereocenters. The maximum Gasteiger partial charge on any atom is 0.129 e. The molecule has 0 amide bonds. The molecule has 0 aromatic rings. The van der Waals surface area contributed by atoms with E-state index in [9.17, 15) is 4.57 Å². The van der Waals surface area contributed by atoms with Crippen molar-refractivity contribution in [3.8, 4) is 0 Å². The zero-order chi connectivity index (χ0) is 10.4. The van der Waals surface area contributed by atoms with Crippen molar-refractivity contribution in [1.29, 1.82) is 0 Å². The molecule has 1 rings (SSSR count). The molecular weight excluding hydrogens is 191 g/mol. The van der Waals surface area contributed by atoms with Crippen LogP contribution in [0.1, 0.15) is 39.5 Å². The minimum absolute atomic E-state index is 0.646. The summed E-state index contributed by atoms with van der Waals surface area (Å²) < 4.78 is 12.2. The van der Waals surface area contributed by atoms with Gasteiger partial charge in [-0.3, -0.25) is 0 Å². The monoisotopic (exact) mass is 212 g/mol. The fourth-order valence-corrected chi connectivity index (χ4v) is 4.26. The summed E-state index contributed by atoms with van der Waals surface area (Å²) in [5, 5.41) is 0. The first-order valence-corrected chi connectivity index (χ1v) is 7.68. The Labute approximate surface area is 87.7 Å². The van der Waals surface area contributed by atoms with Crippen LogP contribution >= 0.6 is 7.14 Å². The van der Waals surface area contributed by atoms with Crippen LogP contribution in [-0.4, -0.2) is 6.16 Å². The molecule has 0 spiro atoms. The summed E-state index contributed by atoms with van der Waals surface area (Å²) in [6.07, 6.45) is 9.64. The van der Waals surface area contributed by atoms with E-state index in [0.717, 1.165) is 12.6 Å². The van der Waals surface area contributed by atoms with Gasteiger partial charge in [-0.1, -0.05) is 51.7 Å². The van der Waals surface area contributed by atoms with Gasteiger partial charge in [0.1, 0.15) is 7.14 Å². The van der Waals surface area contributed by atoms with Gasteiger partial charge in [0.05, 0.1) is 0 Å². The van der Waals surface area contributed by atoms with E-state index in [1.807, 2.05) is 23.8 Å². The molecule has 0 N–H and O–H groups in total. The molecule has 0 aromatic carbocycles. The molecule has 2 heteroatoms. The lowest BCUT2D eigenvalue weighted by atomic mass is 10.0. The first-order chi connectivity index (χ1) is 6.70. The topological polar surface area (TPSA) is 17.1 Å². The van der Waals surface area contributed by atoms with Crippen LogP contribution in [0, 0.1) is 5.92 Å². The number of hydrogen-bond acceptors (Lipinski definition) is 1. The van der Waals surface area contributed by atoms with Crippen molar-refractivity contribution in [3.63, 3.8) is 0 Å². The summed E-state index contributed by atoms with van der Waals surface area (Å²) in [6, 6.07) is 0. The van der Waals surface area contributed by atoms with Crippen LogP contribution in [-0.2, 0) is 4.57 Å². The number of allylic oxidation sites excluding steroid dienone is 2. The van der Waals surface area contributed by atoms with E-state index in [4.69, 9.17) is 0 Å². The van der Waals surface area contributed by atoms with Crippen molar-refractivity contribution >= 4 is 7.14 Å². The predicted molar refractivity (Wildman–Crippen MR) is 64.1 cm³/mol. The predicted octanol–water partition coefficient (Wildman–Crippen LogP) is 4.61. The molecule has 1 aliphatic heterocycles. The highest BCUT2D eigenvalue weighted by atomic mass is 31.2. The van der Waals surface area contributed by atoms with Gasteiger partial charge in [-0.05, 0) is 17.6 Å². The highest BCUT2D eigenvalue weighted by molar-refractivity contribution is 7.70. The molecule has 0 saturated carbocycles. The molecule has 0 aromatic heterocycles. The third-order valence-corrected chi connectivity index (χ3v) is 5.32. The van der Waals surface area contributed by atoms with Gasteiger partial charge in [0.25, 0.3) is 0 Å². The molecular formula is C12H21OP. The summed E-state index contributed by atoms with van der Waals surface area (Å²) in [5.74, 6) is 4.46. The summed E-state index contributed by atoms with van der Waals surface area (Å²) in [6.45, 7) is 4.42. The van der Waals surface area contributed by atoms with Crippen molar-refractivity contribution < 1.29 is 4.57 Å². The zero-order valence-corrected chi connectivity index (χ0v) is 10.2. The molecule has 1 heterocycles. The molecule has 1 unspecified atom stereocenters. The molecule has 1 aliphatic rings. The summed E-state index contributed by atoms with van der Waals surface area (Å²) >= 11 is 0. The van der Waals surface area contributed by atoms with Gasteiger partial charge in [-0.2, -0.15) is 0 Å². The average molecular weight is 212 g/mol. The Balaban J connectivity index is 2.44. The Kier molecular flexibility index (Phi) is 4.68. The maximum absolute atomic E-state index is 12.2. The van der Waals surface area contributed by atoms with E-state index < -0.39 is 7.14 Å². The van der Waals surface area contributed by atoms with Crippen LogP contribution in [0.15, 0.2) is 23.8 Å². The van der Waals surface area contributed by atoms with Crippen molar-refractivity contribution in [3.05, 3.63) is 23.8 Å². The van der Waals surface area contributed by atoms with Gasteiger partial charge in [-0.15, -0.1) is 0 Å². The normalized spacial score (nSPS) is 20.1. The first kappa shape index (κ1) is 11.8. The third-order valence-electron chi connectivity index (χ3n) is 2.87. The van der Waals surface area contributed by atoms with E-state index in [0.29, 0.717) is 5.92 Å². The second kappa shape index (κ2) is 5.56. The summed E-state index contributed by atoms with van der Waals surface area (Å²) in [5.41, 5.74) is 0.